The number of guanidine groups is 1. The molecule has 0 aliphatic rings. The van der Waals surface area contributed by atoms with E-state index in [1.54, 1.807) is 13.8 Å². The highest BCUT2D eigenvalue weighted by Crippen LogP contribution is 2.23. The van der Waals surface area contributed by atoms with Crippen molar-refractivity contribution in [3.05, 3.63) is 29.0 Å². The van der Waals surface area contributed by atoms with E-state index in [2.05, 4.69) is 25.6 Å². The number of hydrogen-bond donors (Lipinski definition) is 2. The van der Waals surface area contributed by atoms with Gasteiger partial charge in [0, 0.05) is 18.2 Å². The number of hydrogen-bond acceptors (Lipinski definition) is 5. The number of carbonyl (C=O) groups is 2. The van der Waals surface area contributed by atoms with Gasteiger partial charge in [-0.05, 0) is 32.4 Å². The highest BCUT2D eigenvalue weighted by molar-refractivity contribution is 6.05. The molecule has 25 heavy (non-hydrogen) atoms. The van der Waals surface area contributed by atoms with Gasteiger partial charge in [0.1, 0.15) is 0 Å². The van der Waals surface area contributed by atoms with Gasteiger partial charge in [0.2, 0.25) is 17.8 Å². The van der Waals surface area contributed by atoms with E-state index in [1.165, 1.54) is 0 Å². The molecule has 0 atom stereocenters. The average Bonchev–Trinajstić information content (AvgIpc) is 2.55. The Bertz CT molecular complexity index is 838. The minimum absolute atomic E-state index is 0.0437. The fourth-order valence-electron chi connectivity index (χ4n) is 2.40. The van der Waals surface area contributed by atoms with Gasteiger partial charge in [-0.25, -0.2) is 9.97 Å². The smallest absolute Gasteiger partial charge is 0.253 e. The van der Waals surface area contributed by atoms with Gasteiger partial charge >= 0.3 is 0 Å². The molecule has 0 spiro atoms. The minimum Gasteiger partial charge on any atom is -0.296 e. The van der Waals surface area contributed by atoms with Crippen LogP contribution in [0.3, 0.4) is 0 Å². The maximum Gasteiger partial charge on any atom is 0.253 e. The first-order valence-electron chi connectivity index (χ1n) is 8.28. The van der Waals surface area contributed by atoms with Crippen molar-refractivity contribution >= 4 is 34.6 Å². The Morgan fingerprint density at radius 2 is 1.60 bits per heavy atom. The zero-order chi connectivity index (χ0) is 18.6. The van der Waals surface area contributed by atoms with Gasteiger partial charge in [0.25, 0.3) is 5.95 Å². The molecule has 2 N–H and O–H groups in total. The van der Waals surface area contributed by atoms with Crippen molar-refractivity contribution in [2.45, 2.75) is 47.5 Å². The summed E-state index contributed by atoms with van der Waals surface area (Å²) >= 11 is 0. The van der Waals surface area contributed by atoms with Crippen molar-refractivity contribution in [1.82, 2.24) is 20.6 Å². The number of aryl methyl sites for hydroxylation is 3. The summed E-state index contributed by atoms with van der Waals surface area (Å²) in [5.41, 5.74) is 3.76. The predicted octanol–water partition coefficient (Wildman–Crippen LogP) is 2.59. The second-order valence-electron chi connectivity index (χ2n) is 5.85. The molecule has 0 unspecified atom stereocenters. The molecule has 0 fully saturated rings. The van der Waals surface area contributed by atoms with Gasteiger partial charge in [-0.1, -0.05) is 25.5 Å². The van der Waals surface area contributed by atoms with Crippen LogP contribution in [0.15, 0.2) is 17.1 Å². The maximum absolute atomic E-state index is 11.7. The monoisotopic (exact) mass is 341 g/mol. The predicted molar refractivity (Wildman–Crippen MR) is 97.7 cm³/mol. The van der Waals surface area contributed by atoms with Crippen molar-refractivity contribution in [2.75, 3.05) is 0 Å². The highest BCUT2D eigenvalue weighted by Gasteiger charge is 2.11. The lowest BCUT2D eigenvalue weighted by Gasteiger charge is -2.10. The number of nitrogens with zero attached hydrogens (tertiary/aromatic N) is 3. The lowest BCUT2D eigenvalue weighted by Crippen LogP contribution is -2.43. The second kappa shape index (κ2) is 7.83. The summed E-state index contributed by atoms with van der Waals surface area (Å²) < 4.78 is 0. The van der Waals surface area contributed by atoms with Crippen LogP contribution >= 0.6 is 0 Å². The highest BCUT2D eigenvalue weighted by atomic mass is 16.2. The Morgan fingerprint density at radius 3 is 2.16 bits per heavy atom. The van der Waals surface area contributed by atoms with Crippen molar-refractivity contribution in [2.24, 2.45) is 4.99 Å². The summed E-state index contributed by atoms with van der Waals surface area (Å²) in [4.78, 5) is 36.4. The third kappa shape index (κ3) is 4.59. The van der Waals surface area contributed by atoms with Gasteiger partial charge < -0.3 is 0 Å². The first kappa shape index (κ1) is 18.5. The van der Waals surface area contributed by atoms with E-state index in [0.29, 0.717) is 0 Å². The molecule has 2 aromatic rings. The lowest BCUT2D eigenvalue weighted by atomic mass is 10.1. The van der Waals surface area contributed by atoms with Crippen LogP contribution in [0, 0.1) is 20.8 Å². The summed E-state index contributed by atoms with van der Waals surface area (Å²) in [6, 6.07) is 4.07. The molecule has 0 saturated heterocycles. The molecule has 0 aliphatic heterocycles. The second-order valence-corrected chi connectivity index (χ2v) is 5.85. The van der Waals surface area contributed by atoms with Gasteiger partial charge in [-0.3, -0.25) is 20.2 Å². The minimum atomic E-state index is -0.250. The Hall–Kier alpha value is -2.83. The molecule has 132 valence electrons. The van der Waals surface area contributed by atoms with Gasteiger partial charge in [-0.2, -0.15) is 4.99 Å². The summed E-state index contributed by atoms with van der Waals surface area (Å²) in [6.07, 6.45) is 0.550. The van der Waals surface area contributed by atoms with Gasteiger partial charge in [0.15, 0.2) is 0 Å². The van der Waals surface area contributed by atoms with E-state index in [-0.39, 0.29) is 36.6 Å². The SMILES string of the molecule is CCC(=O)NC(=Nc1nc(C)c2cc(C)cc(C)c2n1)NC(=O)CC. The number of fused-ring (bicyclic) bond motifs is 1. The first-order chi connectivity index (χ1) is 11.8. The van der Waals surface area contributed by atoms with Crippen molar-refractivity contribution in [3.8, 4) is 0 Å². The fourth-order valence-corrected chi connectivity index (χ4v) is 2.40. The Morgan fingerprint density at radius 1 is 1.00 bits per heavy atom. The van der Waals surface area contributed by atoms with Crippen LogP contribution in [-0.4, -0.2) is 27.7 Å². The number of aliphatic imine (C=N–C) groups is 1. The number of nitrogens with one attached hydrogen (secondary N) is 2. The normalized spacial score (nSPS) is 10.4. The zero-order valence-electron chi connectivity index (χ0n) is 15.2. The molecule has 1 aromatic carbocycles. The molecular weight excluding hydrogens is 318 g/mol. The van der Waals surface area contributed by atoms with Crippen LogP contribution < -0.4 is 10.6 Å². The van der Waals surface area contributed by atoms with Gasteiger partial charge in [0.05, 0.1) is 11.2 Å². The molecule has 2 amide bonds. The molecular formula is C18H23N5O2. The van der Waals surface area contributed by atoms with Gasteiger partial charge in [-0.15, -0.1) is 0 Å². The topological polar surface area (TPSA) is 96.3 Å². The molecule has 0 aliphatic carbocycles. The first-order valence-corrected chi connectivity index (χ1v) is 8.28. The maximum atomic E-state index is 11.7. The standard InChI is InChI=1S/C18H23N5O2/c1-6-14(24)20-18(21-15(25)7-2)23-17-19-12(5)13-9-10(3)8-11(4)16(13)22-17/h8-9H,6-7H2,1-5H3,(H2,19,20,21,22,23,24,25). The summed E-state index contributed by atoms with van der Waals surface area (Å²) in [7, 11) is 0. The number of amides is 2. The largest absolute Gasteiger partial charge is 0.296 e. The quantitative estimate of drug-likeness (QED) is 0.662. The van der Waals surface area contributed by atoms with E-state index < -0.39 is 0 Å². The molecule has 2 rings (SSSR count). The fraction of sp³-hybridized carbons (Fsp3) is 0.389. The van der Waals surface area contributed by atoms with E-state index in [9.17, 15) is 9.59 Å². The lowest BCUT2D eigenvalue weighted by molar-refractivity contribution is -0.119. The van der Waals surface area contributed by atoms with Crippen molar-refractivity contribution in [3.63, 3.8) is 0 Å². The third-order valence-electron chi connectivity index (χ3n) is 3.68. The Kier molecular flexibility index (Phi) is 5.80. The molecule has 0 bridgehead atoms. The molecule has 0 saturated carbocycles. The van der Waals surface area contributed by atoms with E-state index in [0.717, 1.165) is 27.7 Å². The third-order valence-corrected chi connectivity index (χ3v) is 3.68. The van der Waals surface area contributed by atoms with Crippen LogP contribution in [0.4, 0.5) is 5.95 Å². The van der Waals surface area contributed by atoms with Crippen LogP contribution in [0.1, 0.15) is 43.5 Å². The number of rotatable bonds is 3. The molecule has 1 aromatic heterocycles. The van der Waals surface area contributed by atoms with E-state index in [1.807, 2.05) is 32.9 Å². The van der Waals surface area contributed by atoms with Crippen molar-refractivity contribution < 1.29 is 9.59 Å². The van der Waals surface area contributed by atoms with E-state index in [4.69, 9.17) is 0 Å². The molecule has 0 radical (unpaired) electrons. The molecule has 1 heterocycles. The number of aromatic nitrogens is 2. The van der Waals surface area contributed by atoms with E-state index >= 15 is 0 Å². The average molecular weight is 341 g/mol. The van der Waals surface area contributed by atoms with Crippen LogP contribution in [0.2, 0.25) is 0 Å². The summed E-state index contributed by atoms with van der Waals surface area (Å²) in [6.45, 7) is 9.33. The number of carbonyl (C=O) groups excluding carboxylic acids is 2. The Labute approximate surface area is 147 Å². The van der Waals surface area contributed by atoms with Crippen LogP contribution in [-0.2, 0) is 9.59 Å². The summed E-state index contributed by atoms with van der Waals surface area (Å²) in [5, 5.41) is 6.11. The zero-order valence-corrected chi connectivity index (χ0v) is 15.2. The molecule has 7 nitrogen and oxygen atoms in total. The van der Waals surface area contributed by atoms with Crippen LogP contribution in [0.25, 0.3) is 10.9 Å². The number of benzene rings is 1. The van der Waals surface area contributed by atoms with Crippen molar-refractivity contribution in [1.29, 1.82) is 0 Å². The van der Waals surface area contributed by atoms with Crippen LogP contribution in [0.5, 0.6) is 0 Å². The summed E-state index contributed by atoms with van der Waals surface area (Å²) in [5.74, 6) is -0.263. The molecule has 7 heteroatoms. The Balaban J connectivity index is 2.50.